The monoisotopic (exact) mass is 554 g/mol. The summed E-state index contributed by atoms with van der Waals surface area (Å²) in [6.07, 6.45) is 12.5. The highest BCUT2D eigenvalue weighted by Crippen LogP contribution is 2.72. The van der Waals surface area contributed by atoms with E-state index in [0.29, 0.717) is 23.3 Å². The highest BCUT2D eigenvalue weighted by Gasteiger charge is 2.67. The molecule has 0 heterocycles. The number of carboxylic acid groups (broad SMARTS) is 1. The number of carboxylic acids is 1. The molecule has 0 aromatic heterocycles. The lowest BCUT2D eigenvalue weighted by atomic mass is 9.44. The van der Waals surface area contributed by atoms with E-state index in [9.17, 15) is 19.5 Å². The van der Waals surface area contributed by atoms with Crippen molar-refractivity contribution in [3.05, 3.63) is 34.9 Å². The Balaban J connectivity index is 1.71. The van der Waals surface area contributed by atoms with E-state index in [-0.39, 0.29) is 45.8 Å². The number of rotatable bonds is 7. The third-order valence-corrected chi connectivity index (χ3v) is 12.0. The van der Waals surface area contributed by atoms with Crippen molar-refractivity contribution in [2.24, 2.45) is 39.4 Å². The fourth-order valence-corrected chi connectivity index (χ4v) is 9.52. The van der Waals surface area contributed by atoms with Crippen LogP contribution in [0, 0.1) is 39.4 Å². The van der Waals surface area contributed by atoms with Crippen molar-refractivity contribution in [3.63, 3.8) is 0 Å². The van der Waals surface area contributed by atoms with Gasteiger partial charge in [-0.2, -0.15) is 0 Å². The molecule has 4 rings (SSSR count). The Morgan fingerprint density at radius 2 is 1.62 bits per heavy atom. The molecule has 0 bridgehead atoms. The van der Waals surface area contributed by atoms with Crippen LogP contribution in [0.2, 0.25) is 0 Å². The standard InChI is InChI=1S/C34H50O6/c1-20(11-10-12-21(2)30(37)38)26-19-29(40-23(4)36)34(9)25-13-14-27-31(5,6)28(39-22(3)35)16-17-32(27,7)24(25)15-18-33(26,34)8/h12-13,15,20,26-29H,10-11,14,16-19H2,1-9H3,(H,37,38)/b21-12+/t20-,26-,27?,28-,29+,32-,33-,34-/m1/s1. The summed E-state index contributed by atoms with van der Waals surface area (Å²) < 4.78 is 12.0. The minimum absolute atomic E-state index is 0.0435. The number of carbonyl (C=O) groups excluding carboxylic acids is 2. The average Bonchev–Trinajstić information content (AvgIpc) is 3.07. The summed E-state index contributed by atoms with van der Waals surface area (Å²) in [6, 6.07) is 0. The van der Waals surface area contributed by atoms with Gasteiger partial charge in [-0.15, -0.1) is 0 Å². The van der Waals surface area contributed by atoms with Crippen LogP contribution in [-0.4, -0.2) is 35.2 Å². The molecule has 6 heteroatoms. The molecule has 6 nitrogen and oxygen atoms in total. The molecule has 2 fully saturated rings. The topological polar surface area (TPSA) is 89.9 Å². The second-order valence-corrected chi connectivity index (χ2v) is 14.4. The van der Waals surface area contributed by atoms with Crippen molar-refractivity contribution < 1.29 is 29.0 Å². The van der Waals surface area contributed by atoms with Gasteiger partial charge < -0.3 is 14.6 Å². The fraction of sp³-hybridized carbons (Fsp3) is 0.735. The largest absolute Gasteiger partial charge is 0.478 e. The van der Waals surface area contributed by atoms with Gasteiger partial charge in [0.05, 0.1) is 0 Å². The molecule has 1 N–H and O–H groups in total. The molecule has 2 saturated carbocycles. The number of esters is 2. The lowest BCUT2D eigenvalue weighted by molar-refractivity contribution is -0.166. The van der Waals surface area contributed by atoms with Gasteiger partial charge in [-0.3, -0.25) is 9.59 Å². The third kappa shape index (κ3) is 4.67. The Hall–Kier alpha value is -2.37. The van der Waals surface area contributed by atoms with Gasteiger partial charge in [-0.25, -0.2) is 4.79 Å². The first-order valence-electron chi connectivity index (χ1n) is 15.2. The van der Waals surface area contributed by atoms with E-state index >= 15 is 0 Å². The van der Waals surface area contributed by atoms with Crippen LogP contribution >= 0.6 is 0 Å². The molecule has 0 aliphatic heterocycles. The molecule has 4 aliphatic carbocycles. The van der Waals surface area contributed by atoms with Crippen molar-refractivity contribution in [1.82, 2.24) is 0 Å². The molecule has 8 atom stereocenters. The van der Waals surface area contributed by atoms with Crippen LogP contribution in [0.15, 0.2) is 34.9 Å². The number of allylic oxidation sites excluding steroid dienone is 4. The van der Waals surface area contributed by atoms with E-state index < -0.39 is 5.97 Å². The van der Waals surface area contributed by atoms with E-state index in [1.165, 1.54) is 25.0 Å². The second-order valence-electron chi connectivity index (χ2n) is 14.4. The molecule has 0 aromatic carbocycles. The molecule has 0 radical (unpaired) electrons. The summed E-state index contributed by atoms with van der Waals surface area (Å²) in [5, 5.41) is 9.25. The van der Waals surface area contributed by atoms with Gasteiger partial charge in [0.2, 0.25) is 0 Å². The molecule has 0 aromatic rings. The van der Waals surface area contributed by atoms with Gasteiger partial charge in [0.25, 0.3) is 0 Å². The van der Waals surface area contributed by atoms with E-state index in [1.54, 1.807) is 6.92 Å². The van der Waals surface area contributed by atoms with E-state index in [0.717, 1.165) is 44.9 Å². The Kier molecular flexibility index (Phi) is 8.01. The van der Waals surface area contributed by atoms with E-state index in [4.69, 9.17) is 9.47 Å². The first-order valence-corrected chi connectivity index (χ1v) is 15.2. The smallest absolute Gasteiger partial charge is 0.330 e. The summed E-state index contributed by atoms with van der Waals surface area (Å²) in [5.41, 5.74) is 2.53. The van der Waals surface area contributed by atoms with Gasteiger partial charge in [-0.1, -0.05) is 59.8 Å². The minimum Gasteiger partial charge on any atom is -0.478 e. The van der Waals surface area contributed by atoms with Crippen LogP contribution in [0.1, 0.15) is 107 Å². The zero-order chi connectivity index (χ0) is 29.8. The van der Waals surface area contributed by atoms with E-state index in [1.807, 2.05) is 6.08 Å². The summed E-state index contributed by atoms with van der Waals surface area (Å²) in [5.74, 6) is -0.286. The van der Waals surface area contributed by atoms with Crippen molar-refractivity contribution in [3.8, 4) is 0 Å². The Morgan fingerprint density at radius 1 is 1.00 bits per heavy atom. The fourth-order valence-electron chi connectivity index (χ4n) is 9.52. The predicted molar refractivity (Wildman–Crippen MR) is 155 cm³/mol. The number of carbonyl (C=O) groups is 3. The Labute approximate surface area is 240 Å². The normalized spacial score (nSPS) is 39.1. The SMILES string of the molecule is CC(=O)O[C@H]1C[C@H]([C@H](C)CC/C=C(\C)C(=O)O)[C@@]2(C)CC=C3C(=CCC4C(C)(C)[C@H](OC(C)=O)CC[C@]34C)[C@]12C. The van der Waals surface area contributed by atoms with Crippen LogP contribution in [0.4, 0.5) is 0 Å². The highest BCUT2D eigenvalue weighted by molar-refractivity contribution is 5.85. The van der Waals surface area contributed by atoms with E-state index in [2.05, 4.69) is 53.7 Å². The molecule has 0 spiro atoms. The van der Waals surface area contributed by atoms with Crippen molar-refractivity contribution in [1.29, 1.82) is 0 Å². The molecule has 0 saturated heterocycles. The molecule has 0 amide bonds. The molecule has 1 unspecified atom stereocenters. The average molecular weight is 555 g/mol. The third-order valence-electron chi connectivity index (χ3n) is 12.0. The molecular weight excluding hydrogens is 504 g/mol. The number of hydrogen-bond donors (Lipinski definition) is 1. The summed E-state index contributed by atoms with van der Waals surface area (Å²) >= 11 is 0. The highest BCUT2D eigenvalue weighted by atomic mass is 16.5. The Morgan fingerprint density at radius 3 is 2.23 bits per heavy atom. The number of aliphatic carboxylic acids is 1. The number of ether oxygens (including phenoxy) is 2. The lowest BCUT2D eigenvalue weighted by Gasteiger charge is -2.61. The van der Waals surface area contributed by atoms with Crippen LogP contribution in [0.5, 0.6) is 0 Å². The van der Waals surface area contributed by atoms with Crippen LogP contribution in [0.3, 0.4) is 0 Å². The van der Waals surface area contributed by atoms with Gasteiger partial charge in [0.15, 0.2) is 0 Å². The first kappa shape index (κ1) is 30.6. The zero-order valence-corrected chi connectivity index (χ0v) is 26.1. The maximum Gasteiger partial charge on any atom is 0.330 e. The molecule has 4 aliphatic rings. The van der Waals surface area contributed by atoms with Gasteiger partial charge >= 0.3 is 17.9 Å². The van der Waals surface area contributed by atoms with Crippen LogP contribution in [-0.2, 0) is 23.9 Å². The second kappa shape index (κ2) is 10.5. The number of hydrogen-bond acceptors (Lipinski definition) is 5. The quantitative estimate of drug-likeness (QED) is 0.260. The number of fused-ring (bicyclic) bond motifs is 5. The van der Waals surface area contributed by atoms with Gasteiger partial charge in [0, 0.05) is 30.3 Å². The first-order chi connectivity index (χ1) is 18.5. The molecule has 40 heavy (non-hydrogen) atoms. The predicted octanol–water partition coefficient (Wildman–Crippen LogP) is 7.43. The van der Waals surface area contributed by atoms with Crippen molar-refractivity contribution >= 4 is 17.9 Å². The van der Waals surface area contributed by atoms with Gasteiger partial charge in [-0.05, 0) is 91.6 Å². The van der Waals surface area contributed by atoms with Crippen LogP contribution < -0.4 is 0 Å². The Bertz CT molecular complexity index is 1160. The molecule has 222 valence electrons. The minimum atomic E-state index is -0.867. The van der Waals surface area contributed by atoms with Crippen LogP contribution in [0.25, 0.3) is 0 Å². The maximum atomic E-state index is 12.4. The van der Waals surface area contributed by atoms with Gasteiger partial charge in [0.1, 0.15) is 12.2 Å². The van der Waals surface area contributed by atoms with Crippen molar-refractivity contribution in [2.45, 2.75) is 119 Å². The summed E-state index contributed by atoms with van der Waals surface area (Å²) in [7, 11) is 0. The molecular formula is C34H50O6. The zero-order valence-electron chi connectivity index (χ0n) is 26.1. The van der Waals surface area contributed by atoms with Crippen molar-refractivity contribution in [2.75, 3.05) is 0 Å². The summed E-state index contributed by atoms with van der Waals surface area (Å²) in [6.45, 7) is 18.6. The summed E-state index contributed by atoms with van der Waals surface area (Å²) in [4.78, 5) is 35.6. The lowest BCUT2D eigenvalue weighted by Crippen LogP contribution is -2.56. The maximum absolute atomic E-state index is 12.4.